The number of methoxy groups -OCH3 is 1. The minimum atomic E-state index is -0.116. The largest absolute Gasteiger partial charge is 0.385 e. The summed E-state index contributed by atoms with van der Waals surface area (Å²) in [5, 5.41) is 0. The van der Waals surface area contributed by atoms with Crippen molar-refractivity contribution >= 4 is 0 Å². The van der Waals surface area contributed by atoms with E-state index in [9.17, 15) is 4.39 Å². The van der Waals surface area contributed by atoms with E-state index in [-0.39, 0.29) is 6.67 Å². The second-order valence-electron chi connectivity index (χ2n) is 12.8. The average Bonchev–Trinajstić information content (AvgIpc) is 2.94. The maximum Gasteiger partial charge on any atom is 0.0894 e. The van der Waals surface area contributed by atoms with Crippen LogP contribution >= 0.6 is 0 Å². The molecule has 0 aliphatic heterocycles. The van der Waals surface area contributed by atoms with Gasteiger partial charge in [0.15, 0.2) is 0 Å². The summed E-state index contributed by atoms with van der Waals surface area (Å²) in [6.45, 7) is 0.771. The molecule has 0 N–H and O–H groups in total. The van der Waals surface area contributed by atoms with Crippen LogP contribution in [0.1, 0.15) is 133 Å². The fraction of sp³-hybridized carbons (Fsp3) is 0.824. The normalized spacial score (nSPS) is 31.4. The molecular formula is C34H55FO. The molecule has 0 unspecified atom stereocenters. The summed E-state index contributed by atoms with van der Waals surface area (Å²) in [7, 11) is 1.81. The highest BCUT2D eigenvalue weighted by molar-refractivity contribution is 5.31. The van der Waals surface area contributed by atoms with Crippen molar-refractivity contribution in [2.75, 3.05) is 20.4 Å². The second-order valence-corrected chi connectivity index (χ2v) is 12.8. The molecule has 0 amide bonds. The first-order chi connectivity index (χ1) is 17.8. The summed E-state index contributed by atoms with van der Waals surface area (Å²) in [5.74, 6) is 5.61. The van der Waals surface area contributed by atoms with Gasteiger partial charge in [0.05, 0.1) is 6.67 Å². The van der Waals surface area contributed by atoms with Crippen molar-refractivity contribution in [1.82, 2.24) is 0 Å². The lowest BCUT2D eigenvalue weighted by molar-refractivity contribution is 0.136. The standard InChI is InChI=1S/C34H55FO/c1-36-26-5-4-9-32-8-2-3-10-34(32)33-23-17-29(18-24-33)12-11-28-15-21-31(22-16-28)30-19-13-27(14-20-30)7-6-25-35/h2-3,8,10,27-31,33H,4-7,9,11-26H2,1H3/t27-,28-,29?,30-,31-,33?. The van der Waals surface area contributed by atoms with Crippen LogP contribution < -0.4 is 0 Å². The molecule has 0 heterocycles. The molecule has 204 valence electrons. The Labute approximate surface area is 222 Å². The Kier molecular flexibility index (Phi) is 12.1. The summed E-state index contributed by atoms with van der Waals surface area (Å²) in [6.07, 6.45) is 25.9. The first-order valence-corrected chi connectivity index (χ1v) is 15.9. The minimum Gasteiger partial charge on any atom is -0.385 e. The third kappa shape index (κ3) is 8.57. The number of halogens is 1. The van der Waals surface area contributed by atoms with Gasteiger partial charge in [-0.2, -0.15) is 0 Å². The smallest absolute Gasteiger partial charge is 0.0894 e. The molecular weight excluding hydrogens is 443 g/mol. The molecule has 3 fully saturated rings. The molecule has 1 aromatic rings. The maximum absolute atomic E-state index is 12.5. The van der Waals surface area contributed by atoms with Crippen LogP contribution in [0.2, 0.25) is 0 Å². The van der Waals surface area contributed by atoms with Gasteiger partial charge < -0.3 is 4.74 Å². The van der Waals surface area contributed by atoms with Crippen LogP contribution in [0.15, 0.2) is 24.3 Å². The first kappa shape index (κ1) is 28.1. The van der Waals surface area contributed by atoms with Gasteiger partial charge >= 0.3 is 0 Å². The molecule has 4 rings (SSSR count). The zero-order valence-corrected chi connectivity index (χ0v) is 23.4. The number of unbranched alkanes of at least 4 members (excludes halogenated alkanes) is 1. The molecule has 2 heteroatoms. The summed E-state index contributed by atoms with van der Waals surface area (Å²) in [4.78, 5) is 0. The van der Waals surface area contributed by atoms with Gasteiger partial charge in [-0.25, -0.2) is 0 Å². The predicted molar refractivity (Wildman–Crippen MR) is 151 cm³/mol. The Hall–Kier alpha value is -0.890. The molecule has 0 aromatic heterocycles. The van der Waals surface area contributed by atoms with E-state index in [2.05, 4.69) is 24.3 Å². The zero-order chi connectivity index (χ0) is 25.0. The lowest BCUT2D eigenvalue weighted by atomic mass is 9.68. The van der Waals surface area contributed by atoms with E-state index in [0.29, 0.717) is 0 Å². The summed E-state index contributed by atoms with van der Waals surface area (Å²) in [6, 6.07) is 9.29. The van der Waals surface area contributed by atoms with Crippen LogP contribution in [0, 0.1) is 29.6 Å². The van der Waals surface area contributed by atoms with Gasteiger partial charge in [0.1, 0.15) is 0 Å². The van der Waals surface area contributed by atoms with Gasteiger partial charge in [-0.1, -0.05) is 62.8 Å². The van der Waals surface area contributed by atoms with Crippen molar-refractivity contribution in [1.29, 1.82) is 0 Å². The average molecular weight is 499 g/mol. The molecule has 0 bridgehead atoms. The van der Waals surface area contributed by atoms with E-state index >= 15 is 0 Å². The Bertz CT molecular complexity index is 708. The van der Waals surface area contributed by atoms with Gasteiger partial charge in [0, 0.05) is 13.7 Å². The third-order valence-corrected chi connectivity index (χ3v) is 10.6. The number of ether oxygens (including phenoxy) is 1. The quantitative estimate of drug-likeness (QED) is 0.246. The molecule has 3 aliphatic carbocycles. The summed E-state index contributed by atoms with van der Waals surface area (Å²) in [5.41, 5.74) is 3.25. The topological polar surface area (TPSA) is 9.23 Å². The van der Waals surface area contributed by atoms with Crippen molar-refractivity contribution in [3.8, 4) is 0 Å². The van der Waals surface area contributed by atoms with Crippen molar-refractivity contribution in [2.24, 2.45) is 29.6 Å². The SMILES string of the molecule is COCCCCc1ccccc1C1CCC(CC[C@H]2CC[C@H]([C@H]3CC[C@H](CCCF)CC3)CC2)CC1. The third-order valence-electron chi connectivity index (χ3n) is 10.6. The first-order valence-electron chi connectivity index (χ1n) is 15.9. The summed E-state index contributed by atoms with van der Waals surface area (Å²) >= 11 is 0. The number of benzene rings is 1. The maximum atomic E-state index is 12.5. The van der Waals surface area contributed by atoms with E-state index in [0.717, 1.165) is 55.0 Å². The number of hydrogen-bond acceptors (Lipinski definition) is 1. The molecule has 3 aliphatic rings. The molecule has 1 aromatic carbocycles. The van der Waals surface area contributed by atoms with Gasteiger partial charge in [-0.15, -0.1) is 0 Å². The Morgan fingerprint density at radius 3 is 1.81 bits per heavy atom. The fourth-order valence-corrected chi connectivity index (χ4v) is 8.22. The Balaban J connectivity index is 1.11. The number of aryl methyl sites for hydroxylation is 1. The molecule has 0 saturated heterocycles. The Morgan fingerprint density at radius 1 is 0.667 bits per heavy atom. The van der Waals surface area contributed by atoms with Crippen LogP contribution in [0.4, 0.5) is 4.39 Å². The fourth-order valence-electron chi connectivity index (χ4n) is 8.22. The molecule has 0 spiro atoms. The lowest BCUT2D eigenvalue weighted by Crippen LogP contribution is -2.26. The Morgan fingerprint density at radius 2 is 1.22 bits per heavy atom. The van der Waals surface area contributed by atoms with Gasteiger partial charge in [-0.05, 0) is 130 Å². The van der Waals surface area contributed by atoms with E-state index in [4.69, 9.17) is 4.74 Å². The van der Waals surface area contributed by atoms with Gasteiger partial charge in [-0.3, -0.25) is 4.39 Å². The van der Waals surface area contributed by atoms with Crippen LogP contribution in [-0.2, 0) is 11.2 Å². The molecule has 3 saturated carbocycles. The predicted octanol–water partition coefficient (Wildman–Crippen LogP) is 10.1. The van der Waals surface area contributed by atoms with Crippen molar-refractivity contribution in [2.45, 2.75) is 128 Å². The van der Waals surface area contributed by atoms with Gasteiger partial charge in [0.25, 0.3) is 0 Å². The highest BCUT2D eigenvalue weighted by Gasteiger charge is 2.31. The zero-order valence-electron chi connectivity index (χ0n) is 23.4. The lowest BCUT2D eigenvalue weighted by Gasteiger charge is -2.38. The monoisotopic (exact) mass is 498 g/mol. The van der Waals surface area contributed by atoms with Crippen LogP contribution in [0.5, 0.6) is 0 Å². The summed E-state index contributed by atoms with van der Waals surface area (Å²) < 4.78 is 17.7. The number of rotatable bonds is 13. The van der Waals surface area contributed by atoms with E-state index in [1.54, 1.807) is 11.1 Å². The highest BCUT2D eigenvalue weighted by Crippen LogP contribution is 2.44. The number of hydrogen-bond donors (Lipinski definition) is 0. The number of alkyl halides is 1. The van der Waals surface area contributed by atoms with Crippen LogP contribution in [-0.4, -0.2) is 20.4 Å². The van der Waals surface area contributed by atoms with E-state index in [1.165, 1.54) is 109 Å². The molecule has 36 heavy (non-hydrogen) atoms. The van der Waals surface area contributed by atoms with E-state index < -0.39 is 0 Å². The molecule has 0 radical (unpaired) electrons. The van der Waals surface area contributed by atoms with Gasteiger partial charge in [0.2, 0.25) is 0 Å². The molecule has 1 nitrogen and oxygen atoms in total. The van der Waals surface area contributed by atoms with Crippen molar-refractivity contribution in [3.05, 3.63) is 35.4 Å². The molecule has 0 atom stereocenters. The van der Waals surface area contributed by atoms with Crippen molar-refractivity contribution < 1.29 is 9.13 Å². The minimum absolute atomic E-state index is 0.116. The highest BCUT2D eigenvalue weighted by atomic mass is 19.1. The van der Waals surface area contributed by atoms with Crippen LogP contribution in [0.3, 0.4) is 0 Å². The van der Waals surface area contributed by atoms with Crippen molar-refractivity contribution in [3.63, 3.8) is 0 Å². The second kappa shape index (κ2) is 15.5. The van der Waals surface area contributed by atoms with E-state index in [1.807, 2.05) is 7.11 Å². The van der Waals surface area contributed by atoms with Crippen LogP contribution in [0.25, 0.3) is 0 Å².